The van der Waals surface area contributed by atoms with Crippen molar-refractivity contribution in [2.24, 2.45) is 0 Å². The molecule has 18 heavy (non-hydrogen) atoms. The predicted octanol–water partition coefficient (Wildman–Crippen LogP) is 2.68. The van der Waals surface area contributed by atoms with Gasteiger partial charge in [-0.25, -0.2) is 0 Å². The van der Waals surface area contributed by atoms with E-state index >= 15 is 0 Å². The Bertz CT molecular complexity index is 389. The highest BCUT2D eigenvalue weighted by Crippen LogP contribution is 2.16. The number of benzene rings is 1. The maximum Gasteiger partial charge on any atom is 0.303 e. The molecule has 1 N–H and O–H groups in total. The smallest absolute Gasteiger partial charge is 0.303 e. The lowest BCUT2D eigenvalue weighted by Gasteiger charge is -2.22. The molecule has 4 heteroatoms. The average molecular weight is 249 g/mol. The Balaban J connectivity index is 2.71. The molecule has 0 aliphatic rings. The summed E-state index contributed by atoms with van der Waals surface area (Å²) in [5.74, 6) is -1.07. The van der Waals surface area contributed by atoms with Gasteiger partial charge in [0.25, 0.3) is 0 Å². The summed E-state index contributed by atoms with van der Waals surface area (Å²) in [5, 5.41) is 8.62. The van der Waals surface area contributed by atoms with Gasteiger partial charge in [0, 0.05) is 18.7 Å². The van der Waals surface area contributed by atoms with Crippen molar-refractivity contribution >= 4 is 17.6 Å². The molecule has 1 amide bonds. The van der Waals surface area contributed by atoms with Gasteiger partial charge in [-0.05, 0) is 18.6 Å². The molecule has 0 fully saturated rings. The Labute approximate surface area is 107 Å². The molecule has 0 aliphatic heterocycles. The monoisotopic (exact) mass is 249 g/mol. The lowest BCUT2D eigenvalue weighted by Crippen LogP contribution is -2.32. The van der Waals surface area contributed by atoms with E-state index in [1.54, 1.807) is 4.90 Å². The molecule has 0 atom stereocenters. The number of aliphatic carboxylic acids is 1. The molecule has 0 bridgehead atoms. The number of para-hydroxylation sites is 1. The van der Waals surface area contributed by atoms with Gasteiger partial charge in [-0.3, -0.25) is 9.59 Å². The van der Waals surface area contributed by atoms with Crippen LogP contribution in [0, 0.1) is 0 Å². The van der Waals surface area contributed by atoms with Crippen LogP contribution in [-0.2, 0) is 9.59 Å². The van der Waals surface area contributed by atoms with E-state index in [2.05, 4.69) is 6.92 Å². The summed E-state index contributed by atoms with van der Waals surface area (Å²) in [6, 6.07) is 9.38. The molecule has 0 heterocycles. The molecule has 0 unspecified atom stereocenters. The van der Waals surface area contributed by atoms with Gasteiger partial charge in [0.15, 0.2) is 0 Å². The van der Waals surface area contributed by atoms with E-state index in [9.17, 15) is 9.59 Å². The fourth-order valence-electron chi connectivity index (χ4n) is 1.67. The molecule has 0 saturated carbocycles. The molecule has 98 valence electrons. The predicted molar refractivity (Wildman–Crippen MR) is 70.6 cm³/mol. The Morgan fingerprint density at radius 3 is 2.39 bits per heavy atom. The lowest BCUT2D eigenvalue weighted by atomic mass is 10.2. The number of unbranched alkanes of at least 4 members (excludes halogenated alkanes) is 1. The van der Waals surface area contributed by atoms with Crippen LogP contribution in [0.4, 0.5) is 5.69 Å². The number of nitrogens with zero attached hydrogens (tertiary/aromatic N) is 1. The van der Waals surface area contributed by atoms with Crippen LogP contribution in [0.5, 0.6) is 0 Å². The normalized spacial score (nSPS) is 10.1. The number of carbonyl (C=O) groups excluding carboxylic acids is 1. The third-order valence-corrected chi connectivity index (χ3v) is 2.66. The van der Waals surface area contributed by atoms with Crippen LogP contribution >= 0.6 is 0 Å². The van der Waals surface area contributed by atoms with Crippen LogP contribution in [0.25, 0.3) is 0 Å². The maximum absolute atomic E-state index is 12.0. The number of hydrogen-bond donors (Lipinski definition) is 1. The summed E-state index contributed by atoms with van der Waals surface area (Å²) >= 11 is 0. The zero-order valence-electron chi connectivity index (χ0n) is 10.6. The SMILES string of the molecule is CCCCN(C(=O)CCC(=O)O)c1ccccc1. The molecule has 0 saturated heterocycles. The molecule has 1 aromatic rings. The molecule has 4 nitrogen and oxygen atoms in total. The van der Waals surface area contributed by atoms with Crippen molar-refractivity contribution in [2.45, 2.75) is 32.6 Å². The summed E-state index contributed by atoms with van der Waals surface area (Å²) in [6.07, 6.45) is 1.84. The molecule has 1 aromatic carbocycles. The van der Waals surface area contributed by atoms with Gasteiger partial charge < -0.3 is 10.0 Å². The fourth-order valence-corrected chi connectivity index (χ4v) is 1.67. The standard InChI is InChI=1S/C14H19NO3/c1-2-3-11-15(12-7-5-4-6-8-12)13(16)9-10-14(17)18/h4-8H,2-3,9-11H2,1H3,(H,17,18). The molecule has 0 radical (unpaired) electrons. The van der Waals surface area contributed by atoms with E-state index in [1.807, 2.05) is 30.3 Å². The number of anilines is 1. The number of amides is 1. The van der Waals surface area contributed by atoms with E-state index < -0.39 is 5.97 Å². The van der Waals surface area contributed by atoms with Crippen molar-refractivity contribution in [3.05, 3.63) is 30.3 Å². The van der Waals surface area contributed by atoms with Crippen LogP contribution in [-0.4, -0.2) is 23.5 Å². The summed E-state index contributed by atoms with van der Waals surface area (Å²) in [5.41, 5.74) is 0.835. The summed E-state index contributed by atoms with van der Waals surface area (Å²) in [7, 11) is 0. The minimum absolute atomic E-state index is 0.0495. The quantitative estimate of drug-likeness (QED) is 0.808. The first-order valence-electron chi connectivity index (χ1n) is 6.22. The zero-order valence-corrected chi connectivity index (χ0v) is 10.6. The van der Waals surface area contributed by atoms with Crippen LogP contribution in [0.2, 0.25) is 0 Å². The van der Waals surface area contributed by atoms with E-state index in [1.165, 1.54) is 0 Å². The van der Waals surface area contributed by atoms with E-state index in [4.69, 9.17) is 5.11 Å². The van der Waals surface area contributed by atoms with Gasteiger partial charge in [0.1, 0.15) is 0 Å². The minimum atomic E-state index is -0.938. The molecular weight excluding hydrogens is 230 g/mol. The van der Waals surface area contributed by atoms with Crippen LogP contribution in [0.3, 0.4) is 0 Å². The number of carbonyl (C=O) groups is 2. The van der Waals surface area contributed by atoms with Crippen molar-refractivity contribution in [3.63, 3.8) is 0 Å². The highest BCUT2D eigenvalue weighted by molar-refractivity contribution is 5.94. The second kappa shape index (κ2) is 7.48. The summed E-state index contributed by atoms with van der Waals surface area (Å²) in [6.45, 7) is 2.70. The number of hydrogen-bond acceptors (Lipinski definition) is 2. The van der Waals surface area contributed by atoms with Crippen molar-refractivity contribution in [2.75, 3.05) is 11.4 Å². The molecule has 0 spiro atoms. The first kappa shape index (κ1) is 14.2. The van der Waals surface area contributed by atoms with Gasteiger partial charge in [-0.15, -0.1) is 0 Å². The lowest BCUT2D eigenvalue weighted by molar-refractivity contribution is -0.138. The van der Waals surface area contributed by atoms with E-state index in [-0.39, 0.29) is 18.7 Å². The number of carboxylic acids is 1. The highest BCUT2D eigenvalue weighted by atomic mass is 16.4. The van der Waals surface area contributed by atoms with Crippen molar-refractivity contribution in [1.82, 2.24) is 0 Å². The molecule has 0 aromatic heterocycles. The Kier molecular flexibility index (Phi) is 5.91. The second-order valence-corrected chi connectivity index (χ2v) is 4.13. The first-order chi connectivity index (χ1) is 8.65. The van der Waals surface area contributed by atoms with Gasteiger partial charge in [0.05, 0.1) is 6.42 Å². The van der Waals surface area contributed by atoms with Crippen LogP contribution in [0.15, 0.2) is 30.3 Å². The van der Waals surface area contributed by atoms with Gasteiger partial charge >= 0.3 is 5.97 Å². The topological polar surface area (TPSA) is 57.6 Å². The Morgan fingerprint density at radius 2 is 1.83 bits per heavy atom. The average Bonchev–Trinajstić information content (AvgIpc) is 2.38. The minimum Gasteiger partial charge on any atom is -0.481 e. The highest BCUT2D eigenvalue weighted by Gasteiger charge is 2.15. The molecule has 1 rings (SSSR count). The van der Waals surface area contributed by atoms with Gasteiger partial charge in [-0.1, -0.05) is 31.5 Å². The largest absolute Gasteiger partial charge is 0.481 e. The van der Waals surface area contributed by atoms with Crippen LogP contribution < -0.4 is 4.90 Å². The zero-order chi connectivity index (χ0) is 13.4. The van der Waals surface area contributed by atoms with Gasteiger partial charge in [0.2, 0.25) is 5.91 Å². The molecule has 0 aliphatic carbocycles. The first-order valence-corrected chi connectivity index (χ1v) is 6.22. The third kappa shape index (κ3) is 4.57. The Hall–Kier alpha value is -1.84. The summed E-state index contributed by atoms with van der Waals surface area (Å²) < 4.78 is 0. The number of carboxylic acid groups (broad SMARTS) is 1. The summed E-state index contributed by atoms with van der Waals surface area (Å²) in [4.78, 5) is 24.2. The maximum atomic E-state index is 12.0. The fraction of sp³-hybridized carbons (Fsp3) is 0.429. The number of rotatable bonds is 7. The van der Waals surface area contributed by atoms with Gasteiger partial charge in [-0.2, -0.15) is 0 Å². The van der Waals surface area contributed by atoms with E-state index in [0.29, 0.717) is 6.54 Å². The molecular formula is C14H19NO3. The van der Waals surface area contributed by atoms with Crippen LogP contribution in [0.1, 0.15) is 32.6 Å². The van der Waals surface area contributed by atoms with Crippen molar-refractivity contribution in [3.8, 4) is 0 Å². The van der Waals surface area contributed by atoms with E-state index in [0.717, 1.165) is 18.5 Å². The second-order valence-electron chi connectivity index (χ2n) is 4.13. The Morgan fingerprint density at radius 1 is 1.17 bits per heavy atom. The third-order valence-electron chi connectivity index (χ3n) is 2.66. The van der Waals surface area contributed by atoms with Crippen molar-refractivity contribution < 1.29 is 14.7 Å². The van der Waals surface area contributed by atoms with Crippen molar-refractivity contribution in [1.29, 1.82) is 0 Å².